The fraction of sp³-hybridized carbons (Fsp3) is 0.500. The Balaban J connectivity index is 1.71. The van der Waals surface area contributed by atoms with Crippen LogP contribution in [0.2, 0.25) is 0 Å². The third-order valence-electron chi connectivity index (χ3n) is 3.22. The van der Waals surface area contributed by atoms with Gasteiger partial charge in [-0.2, -0.15) is 0 Å². The second-order valence-corrected chi connectivity index (χ2v) is 7.22. The highest BCUT2D eigenvalue weighted by Crippen LogP contribution is 2.07. The van der Waals surface area contributed by atoms with Crippen molar-refractivity contribution in [3.05, 3.63) is 35.9 Å². The van der Waals surface area contributed by atoms with E-state index < -0.39 is 15.9 Å². The van der Waals surface area contributed by atoms with Crippen LogP contribution in [-0.4, -0.2) is 51.7 Å². The van der Waals surface area contributed by atoms with Crippen LogP contribution in [0.5, 0.6) is 0 Å². The molecule has 1 aromatic carbocycles. The molecule has 7 heteroatoms. The van der Waals surface area contributed by atoms with Gasteiger partial charge in [0.05, 0.1) is 30.8 Å². The van der Waals surface area contributed by atoms with Crippen molar-refractivity contribution in [3.8, 4) is 0 Å². The number of sulfone groups is 1. The number of nitrogens with two attached hydrogens (primary N) is 1. The van der Waals surface area contributed by atoms with Crippen molar-refractivity contribution in [2.75, 3.05) is 31.2 Å². The second kappa shape index (κ2) is 7.42. The summed E-state index contributed by atoms with van der Waals surface area (Å²) in [6.45, 7) is 1.19. The quantitative estimate of drug-likeness (QED) is 0.587. The van der Waals surface area contributed by atoms with Crippen LogP contribution in [0.15, 0.2) is 35.3 Å². The first-order valence-electron chi connectivity index (χ1n) is 6.95. The van der Waals surface area contributed by atoms with Crippen molar-refractivity contribution in [3.63, 3.8) is 0 Å². The summed E-state index contributed by atoms with van der Waals surface area (Å²) in [5, 5.41) is 3.01. The van der Waals surface area contributed by atoms with Gasteiger partial charge in [0.15, 0.2) is 15.8 Å². The third kappa shape index (κ3) is 5.73. The van der Waals surface area contributed by atoms with E-state index >= 15 is 0 Å². The highest BCUT2D eigenvalue weighted by molar-refractivity contribution is 7.91. The van der Waals surface area contributed by atoms with E-state index in [1.165, 1.54) is 5.56 Å². The molecule has 1 fully saturated rings. The monoisotopic (exact) mass is 311 g/mol. The minimum atomic E-state index is -2.99. The molecule has 0 bridgehead atoms. The number of hydrogen-bond acceptors (Lipinski definition) is 4. The normalized spacial score (nSPS) is 21.9. The predicted molar refractivity (Wildman–Crippen MR) is 83.0 cm³/mol. The molecule has 0 aromatic heterocycles. The van der Waals surface area contributed by atoms with Crippen molar-refractivity contribution in [2.24, 2.45) is 10.7 Å². The van der Waals surface area contributed by atoms with Gasteiger partial charge in [-0.25, -0.2) is 8.42 Å². The van der Waals surface area contributed by atoms with Gasteiger partial charge in [-0.1, -0.05) is 30.3 Å². The molecule has 0 amide bonds. The summed E-state index contributed by atoms with van der Waals surface area (Å²) in [4.78, 5) is 4.14. The van der Waals surface area contributed by atoms with E-state index in [0.29, 0.717) is 12.5 Å². The molecule has 1 aromatic rings. The van der Waals surface area contributed by atoms with Gasteiger partial charge in [-0.15, -0.1) is 0 Å². The largest absolute Gasteiger partial charge is 0.374 e. The molecule has 1 atom stereocenters. The molecule has 1 aliphatic rings. The number of guanidine groups is 1. The van der Waals surface area contributed by atoms with Gasteiger partial charge in [-0.3, -0.25) is 4.99 Å². The van der Waals surface area contributed by atoms with Crippen LogP contribution in [0, 0.1) is 0 Å². The molecular weight excluding hydrogens is 290 g/mol. The SMILES string of the molecule is NC(=NCC1CS(=O)(=O)CCO1)NCCc1ccccc1. The first-order valence-corrected chi connectivity index (χ1v) is 8.77. The minimum absolute atomic E-state index is 0.0216. The Morgan fingerprint density at radius 2 is 2.14 bits per heavy atom. The number of nitrogens with zero attached hydrogens (tertiary/aromatic N) is 1. The van der Waals surface area contributed by atoms with Crippen LogP contribution < -0.4 is 11.1 Å². The average molecular weight is 311 g/mol. The molecule has 0 radical (unpaired) electrons. The van der Waals surface area contributed by atoms with Gasteiger partial charge >= 0.3 is 0 Å². The van der Waals surface area contributed by atoms with Crippen LogP contribution in [-0.2, 0) is 21.0 Å². The fourth-order valence-electron chi connectivity index (χ4n) is 2.10. The highest BCUT2D eigenvalue weighted by atomic mass is 32.2. The second-order valence-electron chi connectivity index (χ2n) is 5.00. The molecule has 3 N–H and O–H groups in total. The van der Waals surface area contributed by atoms with E-state index in [4.69, 9.17) is 10.5 Å². The van der Waals surface area contributed by atoms with Crippen LogP contribution in [0.1, 0.15) is 5.56 Å². The summed E-state index contributed by atoms with van der Waals surface area (Å²) in [6.07, 6.45) is 0.462. The molecule has 21 heavy (non-hydrogen) atoms. The summed E-state index contributed by atoms with van der Waals surface area (Å²) < 4.78 is 28.3. The molecule has 2 rings (SSSR count). The summed E-state index contributed by atoms with van der Waals surface area (Å²) in [5.74, 6) is 0.434. The fourth-order valence-corrected chi connectivity index (χ4v) is 3.38. The van der Waals surface area contributed by atoms with E-state index in [1.54, 1.807) is 0 Å². The summed E-state index contributed by atoms with van der Waals surface area (Å²) in [5.41, 5.74) is 6.98. The molecule has 1 unspecified atom stereocenters. The van der Waals surface area contributed by atoms with Crippen molar-refractivity contribution in [1.82, 2.24) is 5.32 Å². The zero-order valence-electron chi connectivity index (χ0n) is 11.9. The molecule has 116 valence electrons. The van der Waals surface area contributed by atoms with E-state index in [0.717, 1.165) is 6.42 Å². The standard InChI is InChI=1S/C14H21N3O3S/c15-14(16-7-6-12-4-2-1-3-5-12)17-10-13-11-21(18,19)9-8-20-13/h1-5,13H,6-11H2,(H3,15,16,17). The van der Waals surface area contributed by atoms with Crippen LogP contribution in [0.25, 0.3) is 0 Å². The number of aliphatic imine (C=N–C) groups is 1. The van der Waals surface area contributed by atoms with E-state index in [9.17, 15) is 8.42 Å². The first kappa shape index (κ1) is 15.8. The van der Waals surface area contributed by atoms with Gasteiger partial charge < -0.3 is 15.8 Å². The molecule has 0 aliphatic carbocycles. The van der Waals surface area contributed by atoms with Gasteiger partial charge in [-0.05, 0) is 12.0 Å². The smallest absolute Gasteiger partial charge is 0.188 e. The van der Waals surface area contributed by atoms with Crippen LogP contribution in [0.3, 0.4) is 0 Å². The Hall–Kier alpha value is -1.60. The topological polar surface area (TPSA) is 93.8 Å². The molecular formula is C14H21N3O3S. The Labute approximate surface area is 125 Å². The Kier molecular flexibility index (Phi) is 5.58. The van der Waals surface area contributed by atoms with Crippen molar-refractivity contribution in [2.45, 2.75) is 12.5 Å². The zero-order valence-corrected chi connectivity index (χ0v) is 12.7. The summed E-state index contributed by atoms with van der Waals surface area (Å²) in [6, 6.07) is 10.1. The first-order chi connectivity index (χ1) is 10.1. The van der Waals surface area contributed by atoms with Gasteiger partial charge in [0, 0.05) is 6.54 Å². The van der Waals surface area contributed by atoms with Gasteiger partial charge in [0.2, 0.25) is 0 Å². The molecule has 0 saturated carbocycles. The maximum atomic E-state index is 11.5. The lowest BCUT2D eigenvalue weighted by atomic mass is 10.1. The van der Waals surface area contributed by atoms with Gasteiger partial charge in [0.1, 0.15) is 0 Å². The van der Waals surface area contributed by atoms with E-state index in [-0.39, 0.29) is 24.7 Å². The van der Waals surface area contributed by atoms with E-state index in [1.807, 2.05) is 18.2 Å². The van der Waals surface area contributed by atoms with Crippen LogP contribution >= 0.6 is 0 Å². The molecule has 1 saturated heterocycles. The number of benzene rings is 1. The maximum absolute atomic E-state index is 11.5. The zero-order chi connectivity index (χ0) is 15.1. The Bertz CT molecular complexity index is 572. The van der Waals surface area contributed by atoms with Crippen molar-refractivity contribution in [1.29, 1.82) is 0 Å². The van der Waals surface area contributed by atoms with E-state index in [2.05, 4.69) is 22.4 Å². The summed E-state index contributed by atoms with van der Waals surface area (Å²) in [7, 11) is -2.99. The maximum Gasteiger partial charge on any atom is 0.188 e. The van der Waals surface area contributed by atoms with Crippen LogP contribution in [0.4, 0.5) is 0 Å². The Morgan fingerprint density at radius 3 is 2.86 bits per heavy atom. The Morgan fingerprint density at radius 1 is 1.38 bits per heavy atom. The van der Waals surface area contributed by atoms with Gasteiger partial charge in [0.25, 0.3) is 0 Å². The van der Waals surface area contributed by atoms with Crippen molar-refractivity contribution < 1.29 is 13.2 Å². The number of rotatable bonds is 5. The van der Waals surface area contributed by atoms with Crippen molar-refractivity contribution >= 4 is 15.8 Å². The lowest BCUT2D eigenvalue weighted by Gasteiger charge is -2.21. The minimum Gasteiger partial charge on any atom is -0.374 e. The highest BCUT2D eigenvalue weighted by Gasteiger charge is 2.25. The average Bonchev–Trinajstić information content (AvgIpc) is 2.45. The summed E-state index contributed by atoms with van der Waals surface area (Å²) >= 11 is 0. The lowest BCUT2D eigenvalue weighted by Crippen LogP contribution is -2.38. The predicted octanol–water partition coefficient (Wildman–Crippen LogP) is -0.0530. The third-order valence-corrected chi connectivity index (χ3v) is 4.88. The number of ether oxygens (including phenoxy) is 1. The molecule has 1 aliphatic heterocycles. The molecule has 6 nitrogen and oxygen atoms in total. The number of nitrogens with one attached hydrogen (secondary N) is 1. The molecule has 1 heterocycles. The molecule has 0 spiro atoms. The lowest BCUT2D eigenvalue weighted by molar-refractivity contribution is 0.0783. The number of hydrogen-bond donors (Lipinski definition) is 2.